The Bertz CT molecular complexity index is 567. The van der Waals surface area contributed by atoms with Crippen LogP contribution in [0, 0.1) is 28.6 Å². The van der Waals surface area contributed by atoms with E-state index in [2.05, 4.69) is 22.4 Å². The molecule has 1 amide bonds. The van der Waals surface area contributed by atoms with Gasteiger partial charge in [-0.25, -0.2) is 5.43 Å². The molecule has 3 heterocycles. The molecule has 7 rings (SSSR count). The standard InChI is InChI=1S/C20H31N3O.ClH/c1-2-19-8-14-7-15(9-19)11-20(10-14,13-19)18(24)22-21-17-12-23-5-3-16(17)4-6-23;/h14-16H,2-13H2,1H3,(H,22,24);1H/b21-17-;. The smallest absolute Gasteiger partial charge is 0.246 e. The Hall–Kier alpha value is -0.610. The van der Waals surface area contributed by atoms with Gasteiger partial charge in [0.2, 0.25) is 5.91 Å². The van der Waals surface area contributed by atoms with Crippen molar-refractivity contribution in [2.75, 3.05) is 19.6 Å². The van der Waals surface area contributed by atoms with E-state index in [1.165, 1.54) is 57.3 Å². The lowest BCUT2D eigenvalue weighted by Gasteiger charge is -2.61. The number of carbonyl (C=O) groups is 1. The normalized spacial score (nSPS) is 48.4. The highest BCUT2D eigenvalue weighted by molar-refractivity contribution is 5.92. The van der Waals surface area contributed by atoms with Crippen LogP contribution in [0.15, 0.2) is 5.10 Å². The largest absolute Gasteiger partial charge is 0.298 e. The molecule has 1 N–H and O–H groups in total. The number of carbonyl (C=O) groups excluding carboxylic acids is 1. The molecule has 4 saturated carbocycles. The third-order valence-corrected chi connectivity index (χ3v) is 8.16. The van der Waals surface area contributed by atoms with Crippen molar-refractivity contribution in [1.82, 2.24) is 10.3 Å². The molecule has 6 bridgehead atoms. The van der Waals surface area contributed by atoms with E-state index < -0.39 is 0 Å². The molecule has 0 radical (unpaired) electrons. The zero-order valence-corrected chi connectivity index (χ0v) is 16.2. The summed E-state index contributed by atoms with van der Waals surface area (Å²) in [6.07, 6.45) is 11.2. The van der Waals surface area contributed by atoms with Crippen molar-refractivity contribution in [2.45, 2.75) is 64.7 Å². The van der Waals surface area contributed by atoms with Gasteiger partial charge in [-0.05, 0) is 81.7 Å². The van der Waals surface area contributed by atoms with Crippen molar-refractivity contribution in [2.24, 2.45) is 33.7 Å². The summed E-state index contributed by atoms with van der Waals surface area (Å²) < 4.78 is 0. The van der Waals surface area contributed by atoms with Gasteiger partial charge in [0, 0.05) is 12.5 Å². The van der Waals surface area contributed by atoms with Gasteiger partial charge in [0.15, 0.2) is 0 Å². The van der Waals surface area contributed by atoms with Crippen molar-refractivity contribution in [3.63, 3.8) is 0 Å². The van der Waals surface area contributed by atoms with Crippen LogP contribution in [-0.2, 0) is 4.79 Å². The molecule has 0 aromatic rings. The predicted molar refractivity (Wildman–Crippen MR) is 102 cm³/mol. The second-order valence-corrected chi connectivity index (χ2v) is 9.69. The first-order valence-corrected chi connectivity index (χ1v) is 10.2. The fraction of sp³-hybridized carbons (Fsp3) is 0.900. The van der Waals surface area contributed by atoms with Crippen LogP contribution in [0.5, 0.6) is 0 Å². The first-order chi connectivity index (χ1) is 11.6. The Morgan fingerprint density at radius 1 is 1.20 bits per heavy atom. The average molecular weight is 366 g/mol. The molecule has 0 aromatic carbocycles. The van der Waals surface area contributed by atoms with Crippen LogP contribution in [0.3, 0.4) is 0 Å². The number of halogens is 1. The highest BCUT2D eigenvalue weighted by Gasteiger charge is 2.59. The lowest BCUT2D eigenvalue weighted by molar-refractivity contribution is -0.157. The molecule has 7 aliphatic rings. The maximum absolute atomic E-state index is 13.2. The van der Waals surface area contributed by atoms with E-state index >= 15 is 0 Å². The number of fused-ring (bicyclic) bond motifs is 3. The SMILES string of the molecule is CCC12CC3CC(C1)CC(C(=O)N/N=C1/CN4CCC1CC4)(C3)C2.Cl. The Balaban J connectivity index is 0.00000157. The molecule has 5 heteroatoms. The molecule has 7 fully saturated rings. The molecular formula is C20H32ClN3O. The molecule has 0 spiro atoms. The summed E-state index contributed by atoms with van der Waals surface area (Å²) in [7, 11) is 0. The van der Waals surface area contributed by atoms with Crippen LogP contribution in [0.4, 0.5) is 0 Å². The highest BCUT2D eigenvalue weighted by Crippen LogP contribution is 2.66. The summed E-state index contributed by atoms with van der Waals surface area (Å²) in [5.41, 5.74) is 4.65. The van der Waals surface area contributed by atoms with Gasteiger partial charge in [0.05, 0.1) is 11.1 Å². The second kappa shape index (κ2) is 6.23. The Morgan fingerprint density at radius 3 is 2.44 bits per heavy atom. The first-order valence-electron chi connectivity index (χ1n) is 10.2. The molecular weight excluding hydrogens is 334 g/mol. The van der Waals surface area contributed by atoms with Crippen LogP contribution in [0.25, 0.3) is 0 Å². The lowest BCUT2D eigenvalue weighted by Crippen LogP contribution is -2.57. The number of piperidine rings is 3. The molecule has 140 valence electrons. The summed E-state index contributed by atoms with van der Waals surface area (Å²) >= 11 is 0. The quantitative estimate of drug-likeness (QED) is 0.776. The Morgan fingerprint density at radius 2 is 1.88 bits per heavy atom. The maximum atomic E-state index is 13.2. The van der Waals surface area contributed by atoms with Gasteiger partial charge in [0.25, 0.3) is 0 Å². The van der Waals surface area contributed by atoms with Crippen molar-refractivity contribution in [1.29, 1.82) is 0 Å². The number of hydrogen-bond donors (Lipinski definition) is 1. The van der Waals surface area contributed by atoms with E-state index in [1.54, 1.807) is 0 Å². The molecule has 4 nitrogen and oxygen atoms in total. The summed E-state index contributed by atoms with van der Waals surface area (Å²) in [5.74, 6) is 2.45. The van der Waals surface area contributed by atoms with Crippen molar-refractivity contribution in [3.8, 4) is 0 Å². The van der Waals surface area contributed by atoms with E-state index in [4.69, 9.17) is 0 Å². The number of hydrogen-bond acceptors (Lipinski definition) is 3. The van der Waals surface area contributed by atoms with E-state index in [1.807, 2.05) is 0 Å². The van der Waals surface area contributed by atoms with Crippen LogP contribution in [0.2, 0.25) is 0 Å². The number of rotatable bonds is 3. The van der Waals surface area contributed by atoms with E-state index in [0.717, 1.165) is 37.6 Å². The van der Waals surface area contributed by atoms with Gasteiger partial charge in [-0.3, -0.25) is 9.69 Å². The Labute approximate surface area is 157 Å². The third kappa shape index (κ3) is 2.84. The summed E-state index contributed by atoms with van der Waals surface area (Å²) in [5, 5.41) is 4.65. The van der Waals surface area contributed by atoms with Crippen molar-refractivity contribution >= 4 is 24.0 Å². The number of amides is 1. The average Bonchev–Trinajstić information content (AvgIpc) is 2.59. The van der Waals surface area contributed by atoms with Gasteiger partial charge in [-0.2, -0.15) is 5.10 Å². The number of nitrogens with zero attached hydrogens (tertiary/aromatic N) is 2. The Kier molecular flexibility index (Phi) is 4.43. The van der Waals surface area contributed by atoms with Gasteiger partial charge < -0.3 is 0 Å². The highest BCUT2D eigenvalue weighted by atomic mass is 35.5. The minimum atomic E-state index is -0.0991. The van der Waals surface area contributed by atoms with Gasteiger partial charge in [-0.15, -0.1) is 12.4 Å². The van der Waals surface area contributed by atoms with Crippen molar-refractivity contribution < 1.29 is 4.79 Å². The zero-order chi connectivity index (χ0) is 16.4. The van der Waals surface area contributed by atoms with Gasteiger partial charge in [-0.1, -0.05) is 13.3 Å². The molecule has 2 unspecified atom stereocenters. The van der Waals surface area contributed by atoms with E-state index in [-0.39, 0.29) is 23.7 Å². The summed E-state index contributed by atoms with van der Waals surface area (Å²) in [6, 6.07) is 0. The minimum Gasteiger partial charge on any atom is -0.298 e. The van der Waals surface area contributed by atoms with Crippen LogP contribution in [-0.4, -0.2) is 36.2 Å². The van der Waals surface area contributed by atoms with E-state index in [0.29, 0.717) is 11.3 Å². The predicted octanol–water partition coefficient (Wildman–Crippen LogP) is 3.60. The van der Waals surface area contributed by atoms with Crippen LogP contribution in [0.1, 0.15) is 64.7 Å². The molecule has 3 saturated heterocycles. The zero-order valence-electron chi connectivity index (χ0n) is 15.4. The number of nitrogens with one attached hydrogen (secondary N) is 1. The molecule has 3 aliphatic heterocycles. The molecule has 25 heavy (non-hydrogen) atoms. The minimum absolute atomic E-state index is 0. The third-order valence-electron chi connectivity index (χ3n) is 8.16. The lowest BCUT2D eigenvalue weighted by atomic mass is 9.43. The maximum Gasteiger partial charge on any atom is 0.246 e. The first kappa shape index (κ1) is 17.8. The van der Waals surface area contributed by atoms with Gasteiger partial charge >= 0.3 is 0 Å². The topological polar surface area (TPSA) is 44.7 Å². The molecule has 2 atom stereocenters. The van der Waals surface area contributed by atoms with Crippen LogP contribution >= 0.6 is 12.4 Å². The van der Waals surface area contributed by atoms with E-state index in [9.17, 15) is 4.79 Å². The second-order valence-electron chi connectivity index (χ2n) is 9.69. The molecule has 0 aromatic heterocycles. The van der Waals surface area contributed by atoms with Crippen molar-refractivity contribution in [3.05, 3.63) is 0 Å². The van der Waals surface area contributed by atoms with Gasteiger partial charge in [0.1, 0.15) is 0 Å². The number of hydrazone groups is 1. The monoisotopic (exact) mass is 365 g/mol. The summed E-state index contributed by atoms with van der Waals surface area (Å²) in [4.78, 5) is 15.6. The van der Waals surface area contributed by atoms with Crippen LogP contribution < -0.4 is 5.43 Å². The molecule has 4 aliphatic carbocycles. The fourth-order valence-electron chi connectivity index (χ4n) is 7.28. The summed E-state index contributed by atoms with van der Waals surface area (Å²) in [6.45, 7) is 5.74. The fourth-order valence-corrected chi connectivity index (χ4v) is 7.28.